The maximum atomic E-state index is 12.1. The Bertz CT molecular complexity index is 857. The summed E-state index contributed by atoms with van der Waals surface area (Å²) >= 11 is 7.25. The highest BCUT2D eigenvalue weighted by molar-refractivity contribution is 7.99. The highest BCUT2D eigenvalue weighted by Gasteiger charge is 2.25. The van der Waals surface area contributed by atoms with Gasteiger partial charge in [0, 0.05) is 36.3 Å². The highest BCUT2D eigenvalue weighted by Crippen LogP contribution is 2.23. The number of nitrogens with zero attached hydrogens (tertiary/aromatic N) is 3. The van der Waals surface area contributed by atoms with Crippen LogP contribution in [0.15, 0.2) is 41.4 Å². The average molecular weight is 448 g/mol. The van der Waals surface area contributed by atoms with Gasteiger partial charge in [-0.2, -0.15) is 0 Å². The molecule has 0 saturated carbocycles. The molecule has 9 heteroatoms. The number of carbonyl (C=O) groups excluding carboxylic acids is 2. The monoisotopic (exact) mass is 447 g/mol. The smallest absolute Gasteiger partial charge is 0.234 e. The van der Waals surface area contributed by atoms with Crippen molar-refractivity contribution in [2.45, 2.75) is 31.2 Å². The minimum absolute atomic E-state index is 0.0774. The van der Waals surface area contributed by atoms with Crippen LogP contribution in [0.25, 0.3) is 0 Å². The van der Waals surface area contributed by atoms with Crippen LogP contribution in [0.5, 0.6) is 0 Å². The van der Waals surface area contributed by atoms with Gasteiger partial charge in [-0.05, 0) is 49.6 Å². The summed E-state index contributed by atoms with van der Waals surface area (Å²) in [6.07, 6.45) is 2.58. The molecule has 30 heavy (non-hydrogen) atoms. The molecule has 1 saturated heterocycles. The number of carbonyl (C=O) groups is 2. The number of anilines is 2. The third kappa shape index (κ3) is 6.60. The molecule has 1 aliphatic rings. The molecule has 1 aromatic carbocycles. The molecule has 3 rings (SSSR count). The van der Waals surface area contributed by atoms with Gasteiger partial charge in [0.2, 0.25) is 11.8 Å². The molecular weight excluding hydrogens is 422 g/mol. The summed E-state index contributed by atoms with van der Waals surface area (Å²) in [6.45, 7) is 4.36. The molecule has 0 spiro atoms. The predicted molar refractivity (Wildman–Crippen MR) is 121 cm³/mol. The van der Waals surface area contributed by atoms with Crippen molar-refractivity contribution >= 4 is 46.7 Å². The molecule has 0 radical (unpaired) electrons. The zero-order chi connectivity index (χ0) is 21.3. The van der Waals surface area contributed by atoms with Crippen LogP contribution < -0.4 is 15.5 Å². The lowest BCUT2D eigenvalue weighted by Crippen LogP contribution is -2.41. The van der Waals surface area contributed by atoms with E-state index in [1.807, 2.05) is 12.1 Å². The average Bonchev–Trinajstić information content (AvgIpc) is 2.76. The van der Waals surface area contributed by atoms with E-state index in [1.165, 1.54) is 11.8 Å². The maximum Gasteiger partial charge on any atom is 0.234 e. The minimum atomic E-state index is -0.128. The molecule has 0 unspecified atom stereocenters. The number of hydrogen-bond donors (Lipinski definition) is 2. The van der Waals surface area contributed by atoms with Crippen LogP contribution >= 0.6 is 23.4 Å². The number of rotatable bonds is 8. The lowest BCUT2D eigenvalue weighted by Gasteiger charge is -2.31. The number of hydrogen-bond acceptors (Lipinski definition) is 6. The lowest BCUT2D eigenvalue weighted by molar-refractivity contribution is -0.125. The van der Waals surface area contributed by atoms with Crippen molar-refractivity contribution in [1.29, 1.82) is 0 Å². The van der Waals surface area contributed by atoms with Gasteiger partial charge in [0.05, 0.1) is 5.75 Å². The molecule has 0 atom stereocenters. The molecule has 1 aromatic heterocycles. The van der Waals surface area contributed by atoms with Gasteiger partial charge in [0.15, 0.2) is 5.82 Å². The second-order valence-electron chi connectivity index (χ2n) is 7.13. The van der Waals surface area contributed by atoms with Crippen LogP contribution in [0.1, 0.15) is 26.2 Å². The van der Waals surface area contributed by atoms with Gasteiger partial charge in [0.1, 0.15) is 5.03 Å². The second kappa shape index (κ2) is 11.2. The van der Waals surface area contributed by atoms with E-state index < -0.39 is 0 Å². The minimum Gasteiger partial charge on any atom is -0.356 e. The third-order valence-corrected chi connectivity index (χ3v) is 5.98. The van der Waals surface area contributed by atoms with Crippen LogP contribution in [0.3, 0.4) is 0 Å². The number of halogens is 1. The van der Waals surface area contributed by atoms with Crippen molar-refractivity contribution in [2.75, 3.05) is 35.6 Å². The number of benzene rings is 1. The molecule has 1 aliphatic heterocycles. The Morgan fingerprint density at radius 1 is 1.20 bits per heavy atom. The zero-order valence-electron chi connectivity index (χ0n) is 16.9. The van der Waals surface area contributed by atoms with Gasteiger partial charge in [-0.1, -0.05) is 36.4 Å². The molecule has 2 heterocycles. The first-order chi connectivity index (χ1) is 14.5. The van der Waals surface area contributed by atoms with Crippen molar-refractivity contribution < 1.29 is 9.59 Å². The Kier molecular flexibility index (Phi) is 8.33. The zero-order valence-corrected chi connectivity index (χ0v) is 18.5. The first kappa shape index (κ1) is 22.4. The number of amides is 2. The van der Waals surface area contributed by atoms with Crippen LogP contribution in [-0.2, 0) is 9.59 Å². The van der Waals surface area contributed by atoms with Crippen molar-refractivity contribution in [3.8, 4) is 0 Å². The van der Waals surface area contributed by atoms with Crippen LogP contribution in [0.4, 0.5) is 11.5 Å². The van der Waals surface area contributed by atoms with Gasteiger partial charge >= 0.3 is 0 Å². The number of thioether (sulfide) groups is 1. The molecule has 160 valence electrons. The quantitative estimate of drug-likeness (QED) is 0.601. The van der Waals surface area contributed by atoms with Crippen molar-refractivity contribution in [2.24, 2.45) is 5.92 Å². The molecular formula is C21H26ClN5O2S. The van der Waals surface area contributed by atoms with Crippen molar-refractivity contribution in [1.82, 2.24) is 15.5 Å². The van der Waals surface area contributed by atoms with E-state index in [9.17, 15) is 9.59 Å². The molecule has 2 aromatic rings. The molecule has 2 amide bonds. The van der Waals surface area contributed by atoms with Gasteiger partial charge < -0.3 is 15.5 Å². The van der Waals surface area contributed by atoms with E-state index in [0.29, 0.717) is 15.7 Å². The summed E-state index contributed by atoms with van der Waals surface area (Å²) in [5.74, 6) is 1.14. The molecule has 7 nitrogen and oxygen atoms in total. The standard InChI is InChI=1S/C21H26ClN5O2S/c1-2-10-23-21(29)15-8-11-27(12-9-15)18-6-7-20(26-25-18)30-14-19(28)24-17-5-3-4-16(22)13-17/h3-7,13,15H,2,8-12,14H2,1H3,(H,23,29)(H,24,28). The van der Waals surface area contributed by atoms with Gasteiger partial charge in [-0.25, -0.2) is 0 Å². The number of nitrogens with one attached hydrogen (secondary N) is 2. The molecule has 0 aliphatic carbocycles. The van der Waals surface area contributed by atoms with E-state index in [2.05, 4.69) is 32.7 Å². The number of aromatic nitrogens is 2. The van der Waals surface area contributed by atoms with Crippen LogP contribution in [0, 0.1) is 5.92 Å². The highest BCUT2D eigenvalue weighted by atomic mass is 35.5. The largest absolute Gasteiger partial charge is 0.356 e. The topological polar surface area (TPSA) is 87.2 Å². The van der Waals surface area contributed by atoms with Gasteiger partial charge in [-0.3, -0.25) is 9.59 Å². The summed E-state index contributed by atoms with van der Waals surface area (Å²) in [7, 11) is 0. The lowest BCUT2D eigenvalue weighted by atomic mass is 9.96. The summed E-state index contributed by atoms with van der Waals surface area (Å²) in [6, 6.07) is 10.8. The maximum absolute atomic E-state index is 12.1. The normalized spacial score (nSPS) is 14.4. The third-order valence-electron chi connectivity index (χ3n) is 4.82. The van der Waals surface area contributed by atoms with Gasteiger partial charge in [0.25, 0.3) is 0 Å². The number of piperidine rings is 1. The predicted octanol–water partition coefficient (Wildman–Crippen LogP) is 3.60. The fourth-order valence-corrected chi connectivity index (χ4v) is 4.03. The van der Waals surface area contributed by atoms with E-state index in [4.69, 9.17) is 11.6 Å². The second-order valence-corrected chi connectivity index (χ2v) is 8.56. The van der Waals surface area contributed by atoms with E-state index in [0.717, 1.165) is 44.7 Å². The Balaban J connectivity index is 1.44. The van der Waals surface area contributed by atoms with Crippen molar-refractivity contribution in [3.05, 3.63) is 41.4 Å². The first-order valence-electron chi connectivity index (χ1n) is 10.1. The van der Waals surface area contributed by atoms with Gasteiger partial charge in [-0.15, -0.1) is 10.2 Å². The van der Waals surface area contributed by atoms with Crippen molar-refractivity contribution in [3.63, 3.8) is 0 Å². The summed E-state index contributed by atoms with van der Waals surface area (Å²) in [4.78, 5) is 26.4. The van der Waals surface area contributed by atoms with E-state index in [-0.39, 0.29) is 23.5 Å². The fourth-order valence-electron chi connectivity index (χ4n) is 3.22. The summed E-state index contributed by atoms with van der Waals surface area (Å²) in [5, 5.41) is 15.6. The molecule has 1 fully saturated rings. The Morgan fingerprint density at radius 3 is 2.67 bits per heavy atom. The first-order valence-corrected chi connectivity index (χ1v) is 11.5. The SMILES string of the molecule is CCCNC(=O)C1CCN(c2ccc(SCC(=O)Nc3cccc(Cl)c3)nn2)CC1. The molecule has 0 bridgehead atoms. The van der Waals surface area contributed by atoms with E-state index >= 15 is 0 Å². The van der Waals surface area contributed by atoms with E-state index in [1.54, 1.807) is 24.3 Å². The fraction of sp³-hybridized carbons (Fsp3) is 0.429. The van der Waals surface area contributed by atoms with Crippen LogP contribution in [-0.4, -0.2) is 47.4 Å². The molecule has 2 N–H and O–H groups in total. The summed E-state index contributed by atoms with van der Waals surface area (Å²) in [5.41, 5.74) is 0.668. The Hall–Kier alpha value is -2.32. The Morgan fingerprint density at radius 2 is 2.00 bits per heavy atom. The summed E-state index contributed by atoms with van der Waals surface area (Å²) < 4.78 is 0. The Labute approximate surface area is 186 Å². The van der Waals surface area contributed by atoms with Crippen LogP contribution in [0.2, 0.25) is 5.02 Å².